The van der Waals surface area contributed by atoms with Gasteiger partial charge in [-0.05, 0) is 0 Å². The molecule has 1 heterocycles. The van der Waals surface area contributed by atoms with Crippen molar-refractivity contribution in [2.24, 2.45) is 0 Å². The fourth-order valence-corrected chi connectivity index (χ4v) is 0.608. The zero-order chi connectivity index (χ0) is 8.85. The lowest BCUT2D eigenvalue weighted by Gasteiger charge is -1.86. The number of H-pyrrole nitrogens is 1. The molecular formula is C5H7BrN2O3. The van der Waals surface area contributed by atoms with Crippen LogP contribution in [0.15, 0.2) is 21.9 Å². The Morgan fingerprint density at radius 1 is 1.55 bits per heavy atom. The number of hydrogen-bond acceptors (Lipinski definition) is 3. The monoisotopic (exact) mass is 222 g/mol. The lowest BCUT2D eigenvalue weighted by Crippen LogP contribution is -2.23. The molecule has 11 heavy (non-hydrogen) atoms. The predicted molar refractivity (Wildman–Crippen MR) is 43.8 cm³/mol. The molecule has 0 spiro atoms. The molecule has 2 N–H and O–H groups in total. The number of nitrogens with zero attached hydrogens (tertiary/aromatic N) is 1. The maximum Gasteiger partial charge on any atom is 0.338 e. The molecule has 1 aromatic rings. The molecule has 0 radical (unpaired) electrons. The maximum absolute atomic E-state index is 10.5. The highest BCUT2D eigenvalue weighted by Gasteiger charge is 1.87. The Morgan fingerprint density at radius 3 is 2.45 bits per heavy atom. The first kappa shape index (κ1) is 10.1. The Bertz CT molecular complexity index is 316. The van der Waals surface area contributed by atoms with Gasteiger partial charge in [0.15, 0.2) is 0 Å². The Hall–Kier alpha value is -0.880. The van der Waals surface area contributed by atoms with Gasteiger partial charge in [0.25, 0.3) is 5.56 Å². The number of aliphatic hydroxyl groups excluding tert-OH is 1. The van der Waals surface area contributed by atoms with E-state index in [9.17, 15) is 9.59 Å². The molecule has 0 bridgehead atoms. The van der Waals surface area contributed by atoms with Crippen molar-refractivity contribution in [2.45, 2.75) is 0 Å². The second-order valence-corrected chi connectivity index (χ2v) is 2.19. The van der Waals surface area contributed by atoms with Gasteiger partial charge in [-0.1, -0.05) is 0 Å². The number of aromatic nitrogens is 2. The molecule has 1 aromatic heterocycles. The summed E-state index contributed by atoms with van der Waals surface area (Å²) in [6, 6.07) is 1.25. The second kappa shape index (κ2) is 4.86. The largest absolute Gasteiger partial charge is 0.400 e. The Labute approximate surface area is 70.6 Å². The average Bonchev–Trinajstić information content (AvgIpc) is 2.02. The molecule has 0 fully saturated rings. The van der Waals surface area contributed by atoms with E-state index in [1.165, 1.54) is 12.3 Å². The molecule has 0 unspecified atom stereocenters. The van der Waals surface area contributed by atoms with Crippen molar-refractivity contribution in [2.75, 3.05) is 7.11 Å². The Kier molecular flexibility index (Phi) is 4.47. The van der Waals surface area contributed by atoms with Crippen molar-refractivity contribution >= 4 is 16.1 Å². The maximum atomic E-state index is 10.5. The molecule has 0 saturated heterocycles. The second-order valence-electron chi connectivity index (χ2n) is 1.42. The lowest BCUT2D eigenvalue weighted by atomic mass is 10.7. The van der Waals surface area contributed by atoms with Gasteiger partial charge in [-0.25, -0.2) is 8.39 Å². The normalized spacial score (nSPS) is 8.27. The van der Waals surface area contributed by atoms with E-state index in [1.807, 2.05) is 4.98 Å². The van der Waals surface area contributed by atoms with Gasteiger partial charge in [0.05, 0.1) is 16.1 Å². The summed E-state index contributed by atoms with van der Waals surface area (Å²) in [4.78, 5) is 22.9. The minimum atomic E-state index is -0.470. The van der Waals surface area contributed by atoms with Gasteiger partial charge in [-0.3, -0.25) is 9.78 Å². The highest BCUT2D eigenvalue weighted by Crippen LogP contribution is 1.78. The Morgan fingerprint density at radius 2 is 2.09 bits per heavy atom. The molecule has 1 rings (SSSR count). The zero-order valence-corrected chi connectivity index (χ0v) is 7.33. The number of hydrogen-bond donors (Lipinski definition) is 2. The smallest absolute Gasteiger partial charge is 0.338 e. The van der Waals surface area contributed by atoms with Crippen molar-refractivity contribution in [3.8, 4) is 0 Å². The van der Waals surface area contributed by atoms with Crippen LogP contribution in [0, 0.1) is 0 Å². The first-order valence-electron chi connectivity index (χ1n) is 2.63. The summed E-state index contributed by atoms with van der Waals surface area (Å²) in [6.07, 6.45) is 1.33. The van der Waals surface area contributed by atoms with E-state index >= 15 is 0 Å². The third-order valence-corrected chi connectivity index (χ3v) is 1.34. The number of rotatable bonds is 0. The predicted octanol–water partition coefficient (Wildman–Crippen LogP) is -0.697. The summed E-state index contributed by atoms with van der Waals surface area (Å²) < 4.78 is 1.11. The van der Waals surface area contributed by atoms with Crippen molar-refractivity contribution < 1.29 is 5.11 Å². The number of aromatic amines is 1. The Balaban J connectivity index is 0.000000461. The molecule has 62 valence electrons. The average molecular weight is 223 g/mol. The first-order chi connectivity index (χ1) is 5.20. The molecule has 5 nitrogen and oxygen atoms in total. The molecule has 0 aliphatic heterocycles. The zero-order valence-electron chi connectivity index (χ0n) is 5.74. The molecule has 0 aliphatic rings. The minimum absolute atomic E-state index is 0.393. The number of aliphatic hydroxyl groups is 1. The van der Waals surface area contributed by atoms with E-state index in [0.29, 0.717) is 0 Å². The van der Waals surface area contributed by atoms with E-state index in [4.69, 9.17) is 5.11 Å². The molecule has 6 heteroatoms. The van der Waals surface area contributed by atoms with Gasteiger partial charge in [-0.15, -0.1) is 0 Å². The van der Waals surface area contributed by atoms with Crippen LogP contribution in [0.1, 0.15) is 0 Å². The van der Waals surface area contributed by atoms with Crippen LogP contribution in [-0.2, 0) is 0 Å². The van der Waals surface area contributed by atoms with E-state index in [0.717, 1.165) is 10.7 Å². The summed E-state index contributed by atoms with van der Waals surface area (Å²) in [5.41, 5.74) is -0.863. The van der Waals surface area contributed by atoms with Gasteiger partial charge in [0.1, 0.15) is 0 Å². The van der Waals surface area contributed by atoms with Crippen LogP contribution in [0.3, 0.4) is 0 Å². The quantitative estimate of drug-likeness (QED) is 0.610. The first-order valence-corrected chi connectivity index (χ1v) is 3.34. The van der Waals surface area contributed by atoms with E-state index in [1.54, 1.807) is 0 Å². The summed E-state index contributed by atoms with van der Waals surface area (Å²) in [5, 5.41) is 7.00. The third kappa shape index (κ3) is 3.15. The van der Waals surface area contributed by atoms with Crippen LogP contribution in [0.4, 0.5) is 0 Å². The van der Waals surface area contributed by atoms with Crippen molar-refractivity contribution in [3.05, 3.63) is 33.1 Å². The van der Waals surface area contributed by atoms with Crippen LogP contribution in [0.25, 0.3) is 0 Å². The molecule has 0 atom stereocenters. The van der Waals surface area contributed by atoms with Crippen molar-refractivity contribution in [1.82, 2.24) is 8.58 Å². The number of halogens is 1. The van der Waals surface area contributed by atoms with Gasteiger partial charge in [-0.2, -0.15) is 0 Å². The number of nitrogens with one attached hydrogen (secondary N) is 1. The van der Waals surface area contributed by atoms with Gasteiger partial charge >= 0.3 is 5.69 Å². The fourth-order valence-electron chi connectivity index (χ4n) is 0.401. The molecule has 0 aromatic carbocycles. The van der Waals surface area contributed by atoms with Crippen LogP contribution in [0.2, 0.25) is 0 Å². The highest BCUT2D eigenvalue weighted by atomic mass is 79.9. The third-order valence-electron chi connectivity index (χ3n) is 0.781. The topological polar surface area (TPSA) is 75.1 Å². The summed E-state index contributed by atoms with van der Waals surface area (Å²) >= 11 is 2.86. The van der Waals surface area contributed by atoms with E-state index in [2.05, 4.69) is 16.1 Å². The van der Waals surface area contributed by atoms with E-state index < -0.39 is 11.2 Å². The van der Waals surface area contributed by atoms with Crippen molar-refractivity contribution in [3.63, 3.8) is 0 Å². The van der Waals surface area contributed by atoms with Crippen molar-refractivity contribution in [1.29, 1.82) is 0 Å². The fraction of sp³-hybridized carbons (Fsp3) is 0.200. The molecular weight excluding hydrogens is 216 g/mol. The summed E-state index contributed by atoms with van der Waals surface area (Å²) in [5.74, 6) is 0. The van der Waals surface area contributed by atoms with E-state index in [-0.39, 0.29) is 0 Å². The van der Waals surface area contributed by atoms with Gasteiger partial charge < -0.3 is 5.11 Å². The minimum Gasteiger partial charge on any atom is -0.400 e. The lowest BCUT2D eigenvalue weighted by molar-refractivity contribution is 0.399. The van der Waals surface area contributed by atoms with Gasteiger partial charge in [0, 0.05) is 19.4 Å². The van der Waals surface area contributed by atoms with Gasteiger partial charge in [0.2, 0.25) is 0 Å². The standard InChI is InChI=1S/C4H3BrN2O2.CH4O/c5-7-2-1-3(8)6-4(7)9;1-2/h1-2H,(H,6,8,9);2H,1H3. The SMILES string of the molecule is CO.O=c1ccn(Br)c(=O)[nH]1. The molecule has 0 saturated carbocycles. The molecule has 0 aliphatic carbocycles. The van der Waals surface area contributed by atoms with Crippen LogP contribution < -0.4 is 11.2 Å². The molecule has 0 amide bonds. The van der Waals surface area contributed by atoms with Crippen LogP contribution in [-0.4, -0.2) is 20.8 Å². The highest BCUT2D eigenvalue weighted by molar-refractivity contribution is 9.08. The van der Waals surface area contributed by atoms with Crippen LogP contribution in [0.5, 0.6) is 0 Å². The summed E-state index contributed by atoms with van der Waals surface area (Å²) in [7, 11) is 1.00. The van der Waals surface area contributed by atoms with Crippen LogP contribution >= 0.6 is 16.1 Å². The summed E-state index contributed by atoms with van der Waals surface area (Å²) in [6.45, 7) is 0.